The number of amides is 1. The molecule has 5 rings (SSSR count). The van der Waals surface area contributed by atoms with Gasteiger partial charge in [0.05, 0.1) is 18.9 Å². The Labute approximate surface area is 247 Å². The molecule has 2 heterocycles. The third kappa shape index (κ3) is 6.23. The first-order valence-electron chi connectivity index (χ1n) is 12.8. The van der Waals surface area contributed by atoms with E-state index >= 15 is 0 Å². The van der Waals surface area contributed by atoms with Crippen molar-refractivity contribution < 1.29 is 23.8 Å². The quantitative estimate of drug-likeness (QED) is 0.101. The molecular weight excluding hydrogens is 641 g/mol. The van der Waals surface area contributed by atoms with Crippen LogP contribution in [0.15, 0.2) is 76.3 Å². The van der Waals surface area contributed by atoms with E-state index in [1.807, 2.05) is 60.7 Å². The van der Waals surface area contributed by atoms with Gasteiger partial charge in [0.15, 0.2) is 0 Å². The molecule has 0 saturated heterocycles. The van der Waals surface area contributed by atoms with Crippen molar-refractivity contribution >= 4 is 48.5 Å². The summed E-state index contributed by atoms with van der Waals surface area (Å²) in [4.78, 5) is 29.2. The fourth-order valence-corrected chi connectivity index (χ4v) is 5.71. The molecule has 204 valence electrons. The second kappa shape index (κ2) is 12.7. The molecule has 2 atom stereocenters. The van der Waals surface area contributed by atoms with Crippen LogP contribution in [-0.2, 0) is 16.0 Å². The predicted octanol–water partition coefficient (Wildman–Crippen LogP) is 5.29. The zero-order chi connectivity index (χ0) is 28.1. The molecule has 0 radical (unpaired) electrons. The molecule has 3 aromatic rings. The van der Waals surface area contributed by atoms with E-state index < -0.39 is 17.8 Å². The number of ether oxygens (including phenoxy) is 3. The average Bonchev–Trinajstić information content (AvgIpc) is 3.42. The molecule has 0 aliphatic carbocycles. The van der Waals surface area contributed by atoms with Crippen LogP contribution in [0.25, 0.3) is 0 Å². The molecule has 0 spiro atoms. The molecular formula is C30H26BrN3O5Se. The molecule has 2 unspecified atom stereocenters. The summed E-state index contributed by atoms with van der Waals surface area (Å²) in [5.41, 5.74) is 3.33. The smallest absolute Gasteiger partial charge is 0.0196 e. The fourth-order valence-electron chi connectivity index (χ4n) is 4.70. The normalized spacial score (nSPS) is 17.9. The molecule has 0 bridgehead atoms. The van der Waals surface area contributed by atoms with Crippen molar-refractivity contribution in [2.24, 2.45) is 11.0 Å². The fraction of sp³-hybridized carbons (Fsp3) is 0.267. The number of carbonyl (C=O) groups excluding carboxylic acids is 2. The zero-order valence-electron chi connectivity index (χ0n) is 21.7. The summed E-state index contributed by atoms with van der Waals surface area (Å²) in [6.45, 7) is 0.484. The summed E-state index contributed by atoms with van der Waals surface area (Å²) in [5.74, 6) is -0.312. The molecule has 1 amide bonds. The number of hydrazone groups is 1. The van der Waals surface area contributed by atoms with Gasteiger partial charge in [-0.15, -0.1) is 0 Å². The van der Waals surface area contributed by atoms with E-state index in [1.165, 1.54) is 5.01 Å². The van der Waals surface area contributed by atoms with E-state index in [0.29, 0.717) is 30.3 Å². The zero-order valence-corrected chi connectivity index (χ0v) is 25.0. The van der Waals surface area contributed by atoms with Crippen molar-refractivity contribution in [3.63, 3.8) is 0 Å². The van der Waals surface area contributed by atoms with Crippen LogP contribution in [0.1, 0.15) is 35.6 Å². The number of halogens is 1. The van der Waals surface area contributed by atoms with Gasteiger partial charge in [-0.2, -0.15) is 5.10 Å². The number of nitrogens with zero attached hydrogens (tertiary/aromatic N) is 3. The van der Waals surface area contributed by atoms with E-state index in [0.717, 1.165) is 38.6 Å². The third-order valence-corrected chi connectivity index (χ3v) is 8.63. The first-order valence-corrected chi connectivity index (χ1v) is 15.6. The Balaban J connectivity index is 1.36. The molecule has 0 saturated carbocycles. The average molecular weight is 667 g/mol. The number of carbonyl (C=O) groups is 2. The largest absolute Gasteiger partial charge is 0.0532 e. The summed E-state index contributed by atoms with van der Waals surface area (Å²) in [7, 11) is 1.61. The number of fused-ring (bicyclic) bond motifs is 1. The van der Waals surface area contributed by atoms with Gasteiger partial charge in [0, 0.05) is 10.9 Å². The minimum Gasteiger partial charge on any atom is -0.0532 e. The molecule has 2 aliphatic heterocycles. The summed E-state index contributed by atoms with van der Waals surface area (Å²) in [5, 5.41) is 15.7. The van der Waals surface area contributed by atoms with Crippen molar-refractivity contribution in [1.82, 2.24) is 5.01 Å². The Morgan fingerprint density at radius 2 is 1.88 bits per heavy atom. The van der Waals surface area contributed by atoms with Gasteiger partial charge >= 0.3 is 127 Å². The van der Waals surface area contributed by atoms with Gasteiger partial charge in [-0.05, 0) is 35.4 Å². The molecule has 0 N–H and O–H groups in total. The molecule has 10 heteroatoms. The van der Waals surface area contributed by atoms with E-state index in [2.05, 4.69) is 20.9 Å². The van der Waals surface area contributed by atoms with Gasteiger partial charge in [0.25, 0.3) is 0 Å². The minimum atomic E-state index is -1.01. The van der Waals surface area contributed by atoms with Gasteiger partial charge in [0.2, 0.25) is 0 Å². The number of hydrogen-bond donors (Lipinski definition) is 0. The Morgan fingerprint density at radius 1 is 1.12 bits per heavy atom. The van der Waals surface area contributed by atoms with E-state index in [9.17, 15) is 9.59 Å². The van der Waals surface area contributed by atoms with Gasteiger partial charge in [-0.3, -0.25) is 0 Å². The molecule has 40 heavy (non-hydrogen) atoms. The van der Waals surface area contributed by atoms with Gasteiger partial charge < -0.3 is 4.74 Å². The Kier molecular flexibility index (Phi) is 8.85. The Hall–Kier alpha value is -3.64. The maximum absolute atomic E-state index is 13.9. The Bertz CT molecular complexity index is 1470. The monoisotopic (exact) mass is 667 g/mol. The van der Waals surface area contributed by atoms with Crippen LogP contribution in [0.3, 0.4) is 0 Å². The molecule has 0 aromatic heterocycles. The van der Waals surface area contributed by atoms with E-state index in [4.69, 9.17) is 24.6 Å². The van der Waals surface area contributed by atoms with Crippen LogP contribution in [0.5, 0.6) is 17.2 Å². The van der Waals surface area contributed by atoms with Crippen LogP contribution in [0.2, 0.25) is 5.32 Å². The maximum Gasteiger partial charge on any atom is -0.0196 e. The van der Waals surface area contributed by atoms with Crippen LogP contribution < -0.4 is 14.2 Å². The molecule has 0 fully saturated rings. The summed E-state index contributed by atoms with van der Waals surface area (Å²) in [6, 6.07) is 20.3. The maximum atomic E-state index is 13.9. The second-order valence-electron chi connectivity index (χ2n) is 9.32. The third-order valence-electron chi connectivity index (χ3n) is 6.79. The van der Waals surface area contributed by atoms with Crippen LogP contribution in [-0.4, -0.2) is 51.3 Å². The predicted molar refractivity (Wildman–Crippen MR) is 153 cm³/mol. The van der Waals surface area contributed by atoms with Crippen LogP contribution >= 0.6 is 15.9 Å². The number of esters is 1. The molecule has 8 nitrogen and oxygen atoms in total. The SMILES string of the molecule is COc1ccc(C2CC(c3ccc(Br)cc3)=NN2C(=O)C2Cc3ccc(OCCC[Se]C#N)cc3OC2=O)cc1. The summed E-state index contributed by atoms with van der Waals surface area (Å²) in [6.07, 6.45) is 1.51. The number of nitriles is 1. The first-order chi connectivity index (χ1) is 19.5. The number of rotatable bonds is 9. The van der Waals surface area contributed by atoms with Crippen molar-refractivity contribution in [2.45, 2.75) is 30.6 Å². The van der Waals surface area contributed by atoms with Gasteiger partial charge in [-0.25, -0.2) is 0 Å². The summed E-state index contributed by atoms with van der Waals surface area (Å²) < 4.78 is 17.6. The Morgan fingerprint density at radius 3 is 2.60 bits per heavy atom. The second-order valence-corrected chi connectivity index (χ2v) is 12.1. The van der Waals surface area contributed by atoms with Crippen LogP contribution in [0.4, 0.5) is 0 Å². The van der Waals surface area contributed by atoms with Gasteiger partial charge in [0.1, 0.15) is 5.75 Å². The summed E-state index contributed by atoms with van der Waals surface area (Å²) >= 11 is 3.44. The van der Waals surface area contributed by atoms with Crippen molar-refractivity contribution in [3.8, 4) is 22.2 Å². The topological polar surface area (TPSA) is 101 Å². The number of benzene rings is 3. The number of hydrogen-bond acceptors (Lipinski definition) is 7. The number of methoxy groups -OCH3 is 1. The van der Waals surface area contributed by atoms with Crippen molar-refractivity contribution in [3.05, 3.63) is 87.9 Å². The van der Waals surface area contributed by atoms with Crippen molar-refractivity contribution in [1.29, 1.82) is 5.26 Å². The van der Waals surface area contributed by atoms with E-state index in [1.54, 1.807) is 13.2 Å². The standard InChI is InChI=1S/C30H26BrN3O5Se/c1-37-23-10-5-20(6-11-23)27-17-26(19-3-8-22(31)9-4-19)33-34(27)29(35)25-15-21-7-12-24(16-28(21)39-30(25)36)38-13-2-14-40-18-32/h3-12,16,25,27H,2,13-15,17H2,1H3. The van der Waals surface area contributed by atoms with Crippen LogP contribution in [0, 0.1) is 16.1 Å². The minimum absolute atomic E-state index is 0.0267. The van der Waals surface area contributed by atoms with Crippen molar-refractivity contribution in [2.75, 3.05) is 13.7 Å². The van der Waals surface area contributed by atoms with Gasteiger partial charge in [-0.1, -0.05) is 40.2 Å². The molecule has 3 aromatic carbocycles. The molecule has 2 aliphatic rings. The van der Waals surface area contributed by atoms with E-state index in [-0.39, 0.29) is 27.4 Å². The first kappa shape index (κ1) is 27.9.